The van der Waals surface area contributed by atoms with Gasteiger partial charge >= 0.3 is 0 Å². The van der Waals surface area contributed by atoms with Gasteiger partial charge in [0.1, 0.15) is 11.3 Å². The van der Waals surface area contributed by atoms with Crippen LogP contribution in [0.3, 0.4) is 0 Å². The van der Waals surface area contributed by atoms with Gasteiger partial charge in [-0.3, -0.25) is 4.79 Å². The molecule has 5 heteroatoms. The van der Waals surface area contributed by atoms with Crippen LogP contribution in [0.4, 0.5) is 0 Å². The molecule has 5 nitrogen and oxygen atoms in total. The van der Waals surface area contributed by atoms with Crippen LogP contribution >= 0.6 is 0 Å². The normalized spacial score (nSPS) is 10.6. The minimum atomic E-state index is -0.300. The number of hydrogen-bond acceptors (Lipinski definition) is 5. The number of ketones is 1. The Morgan fingerprint density at radius 2 is 2.00 bits per heavy atom. The van der Waals surface area contributed by atoms with Gasteiger partial charge in [-0.15, -0.1) is 10.2 Å². The first kappa shape index (κ1) is 11.4. The molecule has 0 N–H and O–H groups in total. The molecule has 0 saturated carbocycles. The Balaban J connectivity index is 1.98. The number of carbonyl (C=O) groups excluding carboxylic acids is 1. The minimum Gasteiger partial charge on any atom is -0.480 e. The van der Waals surface area contributed by atoms with Crippen molar-refractivity contribution in [2.45, 2.75) is 0 Å². The van der Waals surface area contributed by atoms with Crippen molar-refractivity contribution in [3.8, 4) is 5.88 Å². The molecule has 3 aromatic rings. The van der Waals surface area contributed by atoms with Gasteiger partial charge in [-0.2, -0.15) is 0 Å². The zero-order valence-corrected chi connectivity index (χ0v) is 10.2. The van der Waals surface area contributed by atoms with Crippen LogP contribution in [0.25, 0.3) is 11.0 Å². The van der Waals surface area contributed by atoms with Crippen molar-refractivity contribution in [3.63, 3.8) is 0 Å². The van der Waals surface area contributed by atoms with Crippen LogP contribution in [0.5, 0.6) is 5.88 Å². The highest BCUT2D eigenvalue weighted by Gasteiger charge is 2.16. The zero-order chi connectivity index (χ0) is 13.2. The van der Waals surface area contributed by atoms with E-state index < -0.39 is 0 Å². The van der Waals surface area contributed by atoms with Crippen molar-refractivity contribution >= 4 is 16.8 Å². The van der Waals surface area contributed by atoms with Gasteiger partial charge in [-0.05, 0) is 18.2 Å². The van der Waals surface area contributed by atoms with Crippen molar-refractivity contribution in [2.75, 3.05) is 7.11 Å². The quantitative estimate of drug-likeness (QED) is 0.672. The van der Waals surface area contributed by atoms with Gasteiger partial charge in [0.15, 0.2) is 5.76 Å². The molecule has 2 aromatic heterocycles. The molecule has 94 valence electrons. The van der Waals surface area contributed by atoms with E-state index in [4.69, 9.17) is 9.15 Å². The van der Waals surface area contributed by atoms with Crippen LogP contribution in [0.2, 0.25) is 0 Å². The zero-order valence-electron chi connectivity index (χ0n) is 10.2. The van der Waals surface area contributed by atoms with Crippen molar-refractivity contribution in [1.82, 2.24) is 10.2 Å². The summed E-state index contributed by atoms with van der Waals surface area (Å²) < 4.78 is 10.4. The van der Waals surface area contributed by atoms with E-state index >= 15 is 0 Å². The summed E-state index contributed by atoms with van der Waals surface area (Å²) in [6.07, 6.45) is 0. The van der Waals surface area contributed by atoms with E-state index in [1.165, 1.54) is 7.11 Å². The smallest absolute Gasteiger partial charge is 0.248 e. The summed E-state index contributed by atoms with van der Waals surface area (Å²) in [5.41, 5.74) is 0.896. The molecule has 0 saturated heterocycles. The van der Waals surface area contributed by atoms with Crippen molar-refractivity contribution in [1.29, 1.82) is 0 Å². The molecule has 0 bridgehead atoms. The first-order valence-corrected chi connectivity index (χ1v) is 5.69. The van der Waals surface area contributed by atoms with Gasteiger partial charge in [0, 0.05) is 11.5 Å². The summed E-state index contributed by atoms with van der Waals surface area (Å²) in [7, 11) is 1.49. The fourth-order valence-corrected chi connectivity index (χ4v) is 1.77. The molecule has 0 amide bonds. The third-order valence-corrected chi connectivity index (χ3v) is 2.73. The standard InChI is InChI=1S/C14H10N2O3/c1-18-13-7-6-10(15-16-13)14(17)12-8-9-4-2-3-5-11(9)19-12/h2-8H,1H3. The summed E-state index contributed by atoms with van der Waals surface area (Å²) in [5.74, 6) is 0.313. The topological polar surface area (TPSA) is 65.2 Å². The number of carbonyl (C=O) groups is 1. The molecule has 0 aliphatic rings. The summed E-state index contributed by atoms with van der Waals surface area (Å²) in [5, 5.41) is 8.46. The molecular formula is C14H10N2O3. The molecule has 1 aromatic carbocycles. The van der Waals surface area contributed by atoms with Crippen molar-refractivity contribution in [3.05, 3.63) is 53.9 Å². The van der Waals surface area contributed by atoms with E-state index in [2.05, 4.69) is 10.2 Å². The van der Waals surface area contributed by atoms with E-state index in [1.54, 1.807) is 18.2 Å². The van der Waals surface area contributed by atoms with Crippen LogP contribution < -0.4 is 4.74 Å². The Hall–Kier alpha value is -2.69. The molecular weight excluding hydrogens is 244 g/mol. The molecule has 2 heterocycles. The first-order chi connectivity index (χ1) is 9.28. The summed E-state index contributed by atoms with van der Waals surface area (Å²) in [6, 6.07) is 12.3. The summed E-state index contributed by atoms with van der Waals surface area (Å²) >= 11 is 0. The lowest BCUT2D eigenvalue weighted by atomic mass is 10.2. The van der Waals surface area contributed by atoms with Crippen LogP contribution in [0.1, 0.15) is 16.2 Å². The number of methoxy groups -OCH3 is 1. The average Bonchev–Trinajstić information content (AvgIpc) is 2.90. The van der Waals surface area contributed by atoms with Crippen LogP contribution in [-0.4, -0.2) is 23.1 Å². The van der Waals surface area contributed by atoms with E-state index in [9.17, 15) is 4.79 Å². The number of benzene rings is 1. The number of furan rings is 1. The molecule has 0 fully saturated rings. The Labute approximate surface area is 108 Å². The molecule has 0 atom stereocenters. The Kier molecular flexibility index (Phi) is 2.72. The fourth-order valence-electron chi connectivity index (χ4n) is 1.77. The van der Waals surface area contributed by atoms with Crippen LogP contribution in [-0.2, 0) is 0 Å². The lowest BCUT2D eigenvalue weighted by molar-refractivity contribution is 0.100. The maximum atomic E-state index is 12.2. The predicted octanol–water partition coefficient (Wildman–Crippen LogP) is 2.46. The Morgan fingerprint density at radius 1 is 1.16 bits per heavy atom. The Morgan fingerprint density at radius 3 is 2.68 bits per heavy atom. The van der Waals surface area contributed by atoms with Crippen LogP contribution in [0.15, 0.2) is 46.9 Å². The summed E-state index contributed by atoms with van der Waals surface area (Å²) in [6.45, 7) is 0. The van der Waals surface area contributed by atoms with Crippen molar-refractivity contribution < 1.29 is 13.9 Å². The molecule has 0 aliphatic heterocycles. The van der Waals surface area contributed by atoms with Gasteiger partial charge in [-0.25, -0.2) is 0 Å². The minimum absolute atomic E-state index is 0.222. The SMILES string of the molecule is COc1ccc(C(=O)c2cc3ccccc3o2)nn1. The predicted molar refractivity (Wildman–Crippen MR) is 68.2 cm³/mol. The van der Waals surface area contributed by atoms with E-state index in [1.807, 2.05) is 24.3 Å². The number of aromatic nitrogens is 2. The number of nitrogens with zero attached hydrogens (tertiary/aromatic N) is 2. The molecule has 19 heavy (non-hydrogen) atoms. The highest BCUT2D eigenvalue weighted by Crippen LogP contribution is 2.20. The molecule has 0 radical (unpaired) electrons. The molecule has 0 aliphatic carbocycles. The highest BCUT2D eigenvalue weighted by molar-refractivity contribution is 6.07. The second-order valence-electron chi connectivity index (χ2n) is 3.94. The number of para-hydroxylation sites is 1. The van der Waals surface area contributed by atoms with Gasteiger partial charge in [0.2, 0.25) is 11.7 Å². The maximum absolute atomic E-state index is 12.2. The molecule has 0 unspecified atom stereocenters. The largest absolute Gasteiger partial charge is 0.480 e. The fraction of sp³-hybridized carbons (Fsp3) is 0.0714. The lowest BCUT2D eigenvalue weighted by Gasteiger charge is -1.98. The second-order valence-corrected chi connectivity index (χ2v) is 3.94. The van der Waals surface area contributed by atoms with Gasteiger partial charge in [0.25, 0.3) is 0 Å². The summed E-state index contributed by atoms with van der Waals surface area (Å²) in [4.78, 5) is 12.2. The maximum Gasteiger partial charge on any atom is 0.248 e. The van der Waals surface area contributed by atoms with Gasteiger partial charge in [-0.1, -0.05) is 18.2 Å². The number of hydrogen-bond donors (Lipinski definition) is 0. The molecule has 3 rings (SSSR count). The van der Waals surface area contributed by atoms with E-state index in [0.29, 0.717) is 11.5 Å². The number of rotatable bonds is 3. The van der Waals surface area contributed by atoms with E-state index in [-0.39, 0.29) is 17.2 Å². The third-order valence-electron chi connectivity index (χ3n) is 2.73. The monoisotopic (exact) mass is 254 g/mol. The van der Waals surface area contributed by atoms with Crippen molar-refractivity contribution in [2.24, 2.45) is 0 Å². The highest BCUT2D eigenvalue weighted by atomic mass is 16.5. The first-order valence-electron chi connectivity index (χ1n) is 5.69. The van der Waals surface area contributed by atoms with Crippen LogP contribution in [0, 0.1) is 0 Å². The van der Waals surface area contributed by atoms with Gasteiger partial charge in [0.05, 0.1) is 7.11 Å². The average molecular weight is 254 g/mol. The second kappa shape index (κ2) is 4.53. The van der Waals surface area contributed by atoms with Gasteiger partial charge < -0.3 is 9.15 Å². The molecule has 0 spiro atoms. The van der Waals surface area contributed by atoms with E-state index in [0.717, 1.165) is 5.39 Å². The Bertz CT molecular complexity index is 699. The third kappa shape index (κ3) is 2.06. The number of fused-ring (bicyclic) bond motifs is 1. The lowest BCUT2D eigenvalue weighted by Crippen LogP contribution is -2.04. The number of ether oxygens (including phenoxy) is 1.